The number of halogens is 2. The summed E-state index contributed by atoms with van der Waals surface area (Å²) in [5.74, 6) is 0.817. The van der Waals surface area contributed by atoms with Crippen molar-refractivity contribution in [2.75, 3.05) is 25.5 Å². The normalized spacial score (nSPS) is 14.8. The summed E-state index contributed by atoms with van der Waals surface area (Å²) in [6, 6.07) is 8.16. The van der Waals surface area contributed by atoms with Crippen LogP contribution in [0.5, 0.6) is 17.2 Å². The van der Waals surface area contributed by atoms with Crippen molar-refractivity contribution in [3.63, 3.8) is 0 Å². The van der Waals surface area contributed by atoms with Crippen LogP contribution in [0.15, 0.2) is 36.5 Å². The van der Waals surface area contributed by atoms with Crippen molar-refractivity contribution in [3.8, 4) is 17.2 Å². The summed E-state index contributed by atoms with van der Waals surface area (Å²) in [5.41, 5.74) is 2.03. The van der Waals surface area contributed by atoms with Gasteiger partial charge in [-0.3, -0.25) is 9.88 Å². The fraction of sp³-hybridized carbons (Fsp3) is 0.375. The summed E-state index contributed by atoms with van der Waals surface area (Å²) in [4.78, 5) is 6.82. The van der Waals surface area contributed by atoms with Crippen LogP contribution in [0.3, 0.4) is 0 Å². The Hall–Kier alpha value is -2.77. The number of aromatic hydroxyl groups is 1. The minimum atomic E-state index is -0.441. The third kappa shape index (κ3) is 4.84. The highest BCUT2D eigenvalue weighted by Gasteiger charge is 2.23. The number of nitrogens with zero attached hydrogens (tertiary/aromatic N) is 2. The van der Waals surface area contributed by atoms with E-state index in [-0.39, 0.29) is 30.1 Å². The van der Waals surface area contributed by atoms with Crippen molar-refractivity contribution in [2.45, 2.75) is 39.3 Å². The maximum atomic E-state index is 14.4. The summed E-state index contributed by atoms with van der Waals surface area (Å²) >= 11 is 0. The number of nitrogens with one attached hydrogen (secondary N) is 1. The van der Waals surface area contributed by atoms with E-state index < -0.39 is 5.82 Å². The molecule has 32 heavy (non-hydrogen) atoms. The number of hydrogen-bond donors (Lipinski definition) is 2. The van der Waals surface area contributed by atoms with Crippen LogP contribution in [0.25, 0.3) is 10.9 Å². The largest absolute Gasteiger partial charge is 0.508 e. The molecule has 0 saturated carbocycles. The number of hydrogen-bond acceptors (Lipinski definition) is 6. The Bertz CT molecular complexity index is 1090. The Morgan fingerprint density at radius 1 is 1.16 bits per heavy atom. The van der Waals surface area contributed by atoms with Gasteiger partial charge in [0.2, 0.25) is 0 Å². The number of benzene rings is 2. The second-order valence-corrected chi connectivity index (χ2v) is 7.85. The molecule has 2 aromatic carbocycles. The van der Waals surface area contributed by atoms with Crippen LogP contribution in [0.1, 0.15) is 31.7 Å². The lowest BCUT2D eigenvalue weighted by Gasteiger charge is -2.28. The number of phenolic OH excluding ortho intramolecular Hbond substituents is 1. The Morgan fingerprint density at radius 3 is 2.59 bits per heavy atom. The average Bonchev–Trinajstić information content (AvgIpc) is 3.30. The van der Waals surface area contributed by atoms with Crippen LogP contribution in [0, 0.1) is 12.7 Å². The van der Waals surface area contributed by atoms with Gasteiger partial charge in [-0.25, -0.2) is 4.39 Å². The minimum absolute atomic E-state index is 0. The first-order valence-corrected chi connectivity index (χ1v) is 10.6. The average molecular weight is 462 g/mol. The van der Waals surface area contributed by atoms with Crippen molar-refractivity contribution in [1.82, 2.24) is 9.88 Å². The molecule has 1 aliphatic heterocycles. The van der Waals surface area contributed by atoms with E-state index in [0.29, 0.717) is 28.3 Å². The number of aromatic nitrogens is 1. The van der Waals surface area contributed by atoms with Crippen molar-refractivity contribution in [2.24, 2.45) is 0 Å². The van der Waals surface area contributed by atoms with Gasteiger partial charge in [0, 0.05) is 42.5 Å². The number of anilines is 2. The van der Waals surface area contributed by atoms with Gasteiger partial charge in [-0.2, -0.15) is 0 Å². The molecule has 2 heterocycles. The molecule has 3 aromatic rings. The molecule has 1 aliphatic rings. The summed E-state index contributed by atoms with van der Waals surface area (Å²) in [7, 11) is 1.60. The molecule has 0 amide bonds. The molecule has 0 bridgehead atoms. The SMILES string of the molecule is CCC(Oc1cc2nccc(Nc3cc(O)c(C)cc3F)c2cc1OC)N1CCCC1.Cl. The number of methoxy groups -OCH3 is 1. The molecule has 1 aromatic heterocycles. The first-order chi connectivity index (χ1) is 15.0. The summed E-state index contributed by atoms with van der Waals surface area (Å²) < 4.78 is 26.4. The Kier molecular flexibility index (Phi) is 7.64. The van der Waals surface area contributed by atoms with E-state index in [4.69, 9.17) is 9.47 Å². The van der Waals surface area contributed by atoms with Crippen molar-refractivity contribution in [1.29, 1.82) is 0 Å². The molecule has 0 aliphatic carbocycles. The maximum Gasteiger partial charge on any atom is 0.165 e. The summed E-state index contributed by atoms with van der Waals surface area (Å²) in [6.45, 7) is 5.84. The molecule has 172 valence electrons. The summed E-state index contributed by atoms with van der Waals surface area (Å²) in [5, 5.41) is 13.8. The fourth-order valence-electron chi connectivity index (χ4n) is 4.01. The molecule has 4 rings (SSSR count). The van der Waals surface area contributed by atoms with Crippen LogP contribution >= 0.6 is 12.4 Å². The van der Waals surface area contributed by atoms with Gasteiger partial charge in [0.15, 0.2) is 17.7 Å². The smallest absolute Gasteiger partial charge is 0.165 e. The van der Waals surface area contributed by atoms with Crippen molar-refractivity contribution < 1.29 is 19.0 Å². The van der Waals surface area contributed by atoms with E-state index in [1.807, 2.05) is 12.1 Å². The topological polar surface area (TPSA) is 66.8 Å². The van der Waals surface area contributed by atoms with Crippen LogP contribution in [-0.2, 0) is 0 Å². The number of pyridine rings is 1. The number of likely N-dealkylation sites (tertiary alicyclic amines) is 1. The third-order valence-electron chi connectivity index (χ3n) is 5.74. The van der Waals surface area contributed by atoms with E-state index >= 15 is 0 Å². The predicted molar refractivity (Wildman–Crippen MR) is 127 cm³/mol. The van der Waals surface area contributed by atoms with Gasteiger partial charge in [-0.15, -0.1) is 12.4 Å². The van der Waals surface area contributed by atoms with E-state index in [0.717, 1.165) is 24.9 Å². The molecule has 8 heteroatoms. The van der Waals surface area contributed by atoms with E-state index in [2.05, 4.69) is 22.1 Å². The van der Waals surface area contributed by atoms with Gasteiger partial charge >= 0.3 is 0 Å². The lowest BCUT2D eigenvalue weighted by Crippen LogP contribution is -2.36. The Labute approximate surface area is 193 Å². The number of aryl methyl sites for hydroxylation is 1. The predicted octanol–water partition coefficient (Wildman–Crippen LogP) is 5.77. The van der Waals surface area contributed by atoms with Gasteiger partial charge in [-0.1, -0.05) is 6.92 Å². The van der Waals surface area contributed by atoms with Crippen LogP contribution in [0.2, 0.25) is 0 Å². The Balaban J connectivity index is 0.00000289. The number of ether oxygens (including phenoxy) is 2. The molecule has 1 saturated heterocycles. The van der Waals surface area contributed by atoms with Gasteiger partial charge in [0.05, 0.1) is 18.3 Å². The van der Waals surface area contributed by atoms with Crippen LogP contribution in [0.4, 0.5) is 15.8 Å². The zero-order chi connectivity index (χ0) is 22.0. The van der Waals surface area contributed by atoms with Gasteiger partial charge in [0.25, 0.3) is 0 Å². The zero-order valence-corrected chi connectivity index (χ0v) is 19.3. The van der Waals surface area contributed by atoms with Gasteiger partial charge in [-0.05, 0) is 49.9 Å². The van der Waals surface area contributed by atoms with Crippen LogP contribution < -0.4 is 14.8 Å². The quantitative estimate of drug-likeness (QED) is 0.465. The number of rotatable bonds is 7. The van der Waals surface area contributed by atoms with Gasteiger partial charge < -0.3 is 19.9 Å². The molecule has 0 spiro atoms. The van der Waals surface area contributed by atoms with Crippen molar-refractivity contribution in [3.05, 3.63) is 47.9 Å². The number of phenols is 1. The first kappa shape index (κ1) is 23.9. The molecule has 1 fully saturated rings. The molecule has 0 radical (unpaired) electrons. The molecule has 2 N–H and O–H groups in total. The highest BCUT2D eigenvalue weighted by atomic mass is 35.5. The van der Waals surface area contributed by atoms with Crippen LogP contribution in [-0.4, -0.2) is 41.4 Å². The lowest BCUT2D eigenvalue weighted by molar-refractivity contribution is 0.0382. The lowest BCUT2D eigenvalue weighted by atomic mass is 10.1. The van der Waals surface area contributed by atoms with E-state index in [9.17, 15) is 9.50 Å². The summed E-state index contributed by atoms with van der Waals surface area (Å²) in [6.07, 6.45) is 4.89. The fourth-order valence-corrected chi connectivity index (χ4v) is 4.01. The monoisotopic (exact) mass is 461 g/mol. The number of fused-ring (bicyclic) bond motifs is 1. The Morgan fingerprint density at radius 2 is 1.91 bits per heavy atom. The standard InChI is InChI=1S/C24H28FN3O3.ClH/c1-4-24(28-9-5-6-10-28)31-23-14-19-16(12-22(23)30-3)18(7-8-26-19)27-20-13-21(29)15(2)11-17(20)25;/h7-8,11-14,24,29H,4-6,9-10H2,1-3H3,(H,26,27);1H. The minimum Gasteiger partial charge on any atom is -0.508 e. The van der Waals surface area contributed by atoms with E-state index in [1.165, 1.54) is 25.0 Å². The van der Waals surface area contributed by atoms with Gasteiger partial charge in [0.1, 0.15) is 11.6 Å². The highest BCUT2D eigenvalue weighted by Crippen LogP contribution is 2.37. The zero-order valence-electron chi connectivity index (χ0n) is 18.5. The molecular formula is C24H29ClFN3O3. The molecule has 1 unspecified atom stereocenters. The molecule has 6 nitrogen and oxygen atoms in total. The second-order valence-electron chi connectivity index (χ2n) is 7.85. The molecule has 1 atom stereocenters. The molecular weight excluding hydrogens is 433 g/mol. The second kappa shape index (κ2) is 10.2. The maximum absolute atomic E-state index is 14.4. The highest BCUT2D eigenvalue weighted by molar-refractivity contribution is 5.95. The first-order valence-electron chi connectivity index (χ1n) is 10.6. The third-order valence-corrected chi connectivity index (χ3v) is 5.74. The van der Waals surface area contributed by atoms with E-state index in [1.54, 1.807) is 26.3 Å². The van der Waals surface area contributed by atoms with Crippen molar-refractivity contribution >= 4 is 34.7 Å².